The first kappa shape index (κ1) is 20.3. The molecular formula is C21H24FN3O2S2. The van der Waals surface area contributed by atoms with Gasteiger partial charge in [0.25, 0.3) is 0 Å². The summed E-state index contributed by atoms with van der Waals surface area (Å²) >= 11 is 1.45. The van der Waals surface area contributed by atoms with E-state index in [1.54, 1.807) is 22.5 Å². The molecule has 8 heteroatoms. The Morgan fingerprint density at radius 2 is 1.72 bits per heavy atom. The van der Waals surface area contributed by atoms with Crippen LogP contribution in [-0.2, 0) is 17.1 Å². The fourth-order valence-electron chi connectivity index (χ4n) is 3.70. The van der Waals surface area contributed by atoms with Crippen LogP contribution in [0.5, 0.6) is 0 Å². The molecule has 29 heavy (non-hydrogen) atoms. The summed E-state index contributed by atoms with van der Waals surface area (Å²) in [6, 6.07) is 7.95. The fraction of sp³-hybridized carbons (Fsp3) is 0.381. The number of benzene rings is 1. The van der Waals surface area contributed by atoms with Gasteiger partial charge < -0.3 is 4.57 Å². The first-order valence-corrected chi connectivity index (χ1v) is 12.1. The van der Waals surface area contributed by atoms with E-state index < -0.39 is 10.0 Å². The van der Waals surface area contributed by atoms with Crippen LogP contribution in [0.4, 0.5) is 4.39 Å². The van der Waals surface area contributed by atoms with Crippen LogP contribution in [0.15, 0.2) is 40.6 Å². The quantitative estimate of drug-likeness (QED) is 0.592. The summed E-state index contributed by atoms with van der Waals surface area (Å²) in [5.41, 5.74) is 3.06. The molecule has 154 valence electrons. The molecule has 0 radical (unpaired) electrons. The van der Waals surface area contributed by atoms with Gasteiger partial charge in [-0.25, -0.2) is 17.8 Å². The average molecular weight is 434 g/mol. The highest BCUT2D eigenvalue weighted by Gasteiger charge is 2.29. The number of hydrogen-bond donors (Lipinski definition) is 0. The lowest BCUT2D eigenvalue weighted by Gasteiger charge is -2.19. The molecular weight excluding hydrogens is 409 g/mol. The van der Waals surface area contributed by atoms with Crippen molar-refractivity contribution in [3.05, 3.63) is 47.2 Å². The van der Waals surface area contributed by atoms with Gasteiger partial charge in [0.2, 0.25) is 10.0 Å². The van der Waals surface area contributed by atoms with Crippen molar-refractivity contribution in [3.63, 3.8) is 0 Å². The lowest BCUT2D eigenvalue weighted by Crippen LogP contribution is -2.32. The van der Waals surface area contributed by atoms with Gasteiger partial charge in [0.05, 0.1) is 11.4 Å². The molecule has 3 aromatic rings. The molecule has 0 saturated carbocycles. The van der Waals surface area contributed by atoms with E-state index in [0.29, 0.717) is 23.7 Å². The fourth-order valence-corrected chi connectivity index (χ4v) is 6.37. The van der Waals surface area contributed by atoms with Gasteiger partial charge in [-0.05, 0) is 50.1 Å². The van der Waals surface area contributed by atoms with Crippen molar-refractivity contribution >= 4 is 21.4 Å². The van der Waals surface area contributed by atoms with Gasteiger partial charge in [-0.1, -0.05) is 12.8 Å². The van der Waals surface area contributed by atoms with E-state index in [-0.39, 0.29) is 5.82 Å². The van der Waals surface area contributed by atoms with Crippen molar-refractivity contribution in [2.24, 2.45) is 7.05 Å². The molecule has 0 N–H and O–H groups in total. The minimum atomic E-state index is -3.53. The highest BCUT2D eigenvalue weighted by atomic mass is 32.2. The number of sulfonamides is 1. The van der Waals surface area contributed by atoms with Crippen LogP contribution in [-0.4, -0.2) is 35.4 Å². The summed E-state index contributed by atoms with van der Waals surface area (Å²) in [7, 11) is -1.66. The Morgan fingerprint density at radius 1 is 1.07 bits per heavy atom. The first-order valence-electron chi connectivity index (χ1n) is 9.76. The summed E-state index contributed by atoms with van der Waals surface area (Å²) in [4.78, 5) is 5.03. The molecule has 1 fully saturated rings. The molecule has 1 saturated heterocycles. The lowest BCUT2D eigenvalue weighted by molar-refractivity contribution is 0.423. The molecule has 3 heterocycles. The standard InChI is InChI=1S/C21H24FN3O2S2/c1-15-20(29(26,27)25-11-5-3-4-6-12-25)13-19(24(15)2)21-23-18(14-28-21)16-7-9-17(22)10-8-16/h7-10,13-14H,3-6,11-12H2,1-2H3. The number of thiazole rings is 1. The second-order valence-corrected chi connectivity index (χ2v) is 10.2. The Bertz CT molecular complexity index is 1110. The molecule has 0 amide bonds. The van der Waals surface area contributed by atoms with Crippen LogP contribution in [0.3, 0.4) is 0 Å². The molecule has 0 unspecified atom stereocenters. The number of rotatable bonds is 4. The topological polar surface area (TPSA) is 55.2 Å². The van der Waals surface area contributed by atoms with Crippen molar-refractivity contribution < 1.29 is 12.8 Å². The molecule has 1 aromatic carbocycles. The maximum atomic E-state index is 13.3. The minimum absolute atomic E-state index is 0.286. The summed E-state index contributed by atoms with van der Waals surface area (Å²) in [6.45, 7) is 3.00. The second kappa shape index (κ2) is 8.01. The van der Waals surface area contributed by atoms with Crippen LogP contribution in [0.2, 0.25) is 0 Å². The van der Waals surface area contributed by atoms with Crippen LogP contribution in [0.1, 0.15) is 31.4 Å². The van der Waals surface area contributed by atoms with Crippen LogP contribution >= 0.6 is 11.3 Å². The second-order valence-electron chi connectivity index (χ2n) is 7.40. The summed E-state index contributed by atoms with van der Waals surface area (Å²) < 4.78 is 43.2. The third-order valence-corrected chi connectivity index (χ3v) is 8.41. The lowest BCUT2D eigenvalue weighted by atomic mass is 10.2. The molecule has 0 spiro atoms. The van der Waals surface area contributed by atoms with Crippen molar-refractivity contribution in [2.75, 3.05) is 13.1 Å². The predicted molar refractivity (Wildman–Crippen MR) is 114 cm³/mol. The zero-order valence-corrected chi connectivity index (χ0v) is 18.2. The Morgan fingerprint density at radius 3 is 2.38 bits per heavy atom. The molecule has 4 rings (SSSR count). The first-order chi connectivity index (χ1) is 13.9. The van der Waals surface area contributed by atoms with E-state index >= 15 is 0 Å². The zero-order chi connectivity index (χ0) is 20.6. The summed E-state index contributed by atoms with van der Waals surface area (Å²) in [6.07, 6.45) is 3.98. The Hall–Kier alpha value is -2.03. The van der Waals surface area contributed by atoms with Crippen molar-refractivity contribution in [3.8, 4) is 22.0 Å². The van der Waals surface area contributed by atoms with Crippen LogP contribution in [0.25, 0.3) is 22.0 Å². The van der Waals surface area contributed by atoms with Gasteiger partial charge in [-0.2, -0.15) is 4.31 Å². The van der Waals surface area contributed by atoms with Crippen molar-refractivity contribution in [1.29, 1.82) is 0 Å². The maximum Gasteiger partial charge on any atom is 0.244 e. The molecule has 2 aromatic heterocycles. The van der Waals surface area contributed by atoms with E-state index in [1.165, 1.54) is 23.5 Å². The highest BCUT2D eigenvalue weighted by molar-refractivity contribution is 7.89. The number of halogens is 1. The predicted octanol–water partition coefficient (Wildman–Crippen LogP) is 4.83. The third kappa shape index (κ3) is 3.89. The Kier molecular flexibility index (Phi) is 5.59. The monoisotopic (exact) mass is 433 g/mol. The van der Waals surface area contributed by atoms with Crippen molar-refractivity contribution in [2.45, 2.75) is 37.5 Å². The summed E-state index contributed by atoms with van der Waals surface area (Å²) in [5.74, 6) is -0.286. The SMILES string of the molecule is Cc1c(S(=O)(=O)N2CCCCCC2)cc(-c2nc(-c3ccc(F)cc3)cs2)n1C. The smallest absolute Gasteiger partial charge is 0.244 e. The van der Waals surface area contributed by atoms with Gasteiger partial charge in [-0.15, -0.1) is 11.3 Å². The summed E-state index contributed by atoms with van der Waals surface area (Å²) in [5, 5.41) is 2.65. The maximum absolute atomic E-state index is 13.3. The average Bonchev–Trinajstić information content (AvgIpc) is 3.17. The molecule has 5 nitrogen and oxygen atoms in total. The van der Waals surface area contributed by atoms with E-state index in [4.69, 9.17) is 0 Å². The number of nitrogens with zero attached hydrogens (tertiary/aromatic N) is 3. The number of hydrogen-bond acceptors (Lipinski definition) is 4. The molecule has 0 atom stereocenters. The van der Waals surface area contributed by atoms with Gasteiger partial charge >= 0.3 is 0 Å². The van der Waals surface area contributed by atoms with Crippen molar-refractivity contribution in [1.82, 2.24) is 13.9 Å². The highest BCUT2D eigenvalue weighted by Crippen LogP contribution is 2.34. The Balaban J connectivity index is 1.69. The largest absolute Gasteiger partial charge is 0.345 e. The van der Waals surface area contributed by atoms with E-state index in [1.807, 2.05) is 23.9 Å². The zero-order valence-electron chi connectivity index (χ0n) is 16.6. The van der Waals surface area contributed by atoms with Gasteiger partial charge in [-0.3, -0.25) is 0 Å². The third-order valence-electron chi connectivity index (χ3n) is 5.54. The van der Waals surface area contributed by atoms with Gasteiger partial charge in [0, 0.05) is 36.8 Å². The Labute approximate surface area is 174 Å². The van der Waals surface area contributed by atoms with E-state index in [2.05, 4.69) is 4.98 Å². The van der Waals surface area contributed by atoms with E-state index in [9.17, 15) is 12.8 Å². The van der Waals surface area contributed by atoms with Crippen LogP contribution in [0, 0.1) is 12.7 Å². The molecule has 1 aliphatic rings. The molecule has 0 aliphatic carbocycles. The van der Waals surface area contributed by atoms with Crippen LogP contribution < -0.4 is 0 Å². The van der Waals surface area contributed by atoms with E-state index in [0.717, 1.165) is 47.6 Å². The molecule has 1 aliphatic heterocycles. The minimum Gasteiger partial charge on any atom is -0.345 e. The normalized spacial score (nSPS) is 16.1. The number of aromatic nitrogens is 2. The molecule has 0 bridgehead atoms. The van der Waals surface area contributed by atoms with Gasteiger partial charge in [0.15, 0.2) is 0 Å². The van der Waals surface area contributed by atoms with Gasteiger partial charge in [0.1, 0.15) is 15.7 Å².